The largest absolute Gasteiger partial charge is 0.398 e. The number of methoxy groups -OCH3 is 1. The molecule has 0 saturated heterocycles. The average molecular weight is 312 g/mol. The van der Waals surface area contributed by atoms with Crippen LogP contribution in [0.1, 0.15) is 31.4 Å². The fourth-order valence-electron chi connectivity index (χ4n) is 2.90. The zero-order chi connectivity index (χ0) is 16.0. The van der Waals surface area contributed by atoms with Crippen molar-refractivity contribution in [3.05, 3.63) is 23.3 Å². The number of sulfonamides is 1. The minimum absolute atomic E-state index is 0.0705. The highest BCUT2D eigenvalue weighted by atomic mass is 32.2. The molecule has 0 aliphatic heterocycles. The van der Waals surface area contributed by atoms with E-state index in [4.69, 9.17) is 10.5 Å². The molecule has 5 nitrogen and oxygen atoms in total. The van der Waals surface area contributed by atoms with Crippen LogP contribution in [0, 0.1) is 19.3 Å². The van der Waals surface area contributed by atoms with Crippen LogP contribution in [0.3, 0.4) is 0 Å². The molecular formula is C15H24N2O3S. The fraction of sp³-hybridized carbons (Fsp3) is 0.600. The zero-order valence-electron chi connectivity index (χ0n) is 13.2. The molecule has 0 spiro atoms. The number of hydrogen-bond acceptors (Lipinski definition) is 4. The fourth-order valence-corrected chi connectivity index (χ4v) is 4.73. The topological polar surface area (TPSA) is 81.4 Å². The molecule has 3 N–H and O–H groups in total. The Kier molecular flexibility index (Phi) is 4.08. The third-order valence-electron chi connectivity index (χ3n) is 4.74. The summed E-state index contributed by atoms with van der Waals surface area (Å²) >= 11 is 0. The highest BCUT2D eigenvalue weighted by Gasteiger charge is 2.50. The Bertz CT molecular complexity index is 653. The van der Waals surface area contributed by atoms with Crippen LogP contribution in [0.2, 0.25) is 0 Å². The van der Waals surface area contributed by atoms with Gasteiger partial charge in [-0.3, -0.25) is 0 Å². The second-order valence-electron chi connectivity index (χ2n) is 6.38. The van der Waals surface area contributed by atoms with E-state index >= 15 is 0 Å². The van der Waals surface area contributed by atoms with Gasteiger partial charge in [-0.05, 0) is 37.5 Å². The second kappa shape index (κ2) is 5.26. The summed E-state index contributed by atoms with van der Waals surface area (Å²) in [6, 6.07) is 3.32. The standard InChI is InChI=1S/C15H24N2O3S/c1-9-6-7-11(16)14(10(9)2)21(18,19)17-12-8-13(20-5)15(12,3)4/h6-7,12-13,17H,8,16H2,1-5H3. The van der Waals surface area contributed by atoms with Crippen LogP contribution in [0.4, 0.5) is 5.69 Å². The number of benzene rings is 1. The summed E-state index contributed by atoms with van der Waals surface area (Å²) in [7, 11) is -1.98. The van der Waals surface area contributed by atoms with Gasteiger partial charge in [0.1, 0.15) is 4.90 Å². The molecule has 0 aromatic heterocycles. The molecule has 0 bridgehead atoms. The number of nitrogens with two attached hydrogens (primary N) is 1. The minimum atomic E-state index is -3.64. The molecule has 21 heavy (non-hydrogen) atoms. The number of rotatable bonds is 4. The first-order chi connectivity index (χ1) is 9.61. The van der Waals surface area contributed by atoms with Gasteiger partial charge in [-0.15, -0.1) is 0 Å². The predicted molar refractivity (Wildman–Crippen MR) is 83.6 cm³/mol. The van der Waals surface area contributed by atoms with Crippen LogP contribution in [0.15, 0.2) is 17.0 Å². The van der Waals surface area contributed by atoms with E-state index in [2.05, 4.69) is 4.72 Å². The van der Waals surface area contributed by atoms with Crippen LogP contribution < -0.4 is 10.5 Å². The number of aryl methyl sites for hydroxylation is 1. The van der Waals surface area contributed by atoms with Crippen molar-refractivity contribution in [3.63, 3.8) is 0 Å². The molecule has 1 aromatic rings. The lowest BCUT2D eigenvalue weighted by Gasteiger charge is -2.51. The normalized spacial score (nSPS) is 24.6. The molecule has 1 saturated carbocycles. The van der Waals surface area contributed by atoms with Gasteiger partial charge in [-0.1, -0.05) is 19.9 Å². The summed E-state index contributed by atoms with van der Waals surface area (Å²) < 4.78 is 33.5. The Morgan fingerprint density at radius 2 is 1.95 bits per heavy atom. The van der Waals surface area contributed by atoms with Crippen LogP contribution in [0.5, 0.6) is 0 Å². The summed E-state index contributed by atoms with van der Waals surface area (Å²) in [6.45, 7) is 7.67. The van der Waals surface area contributed by atoms with Crippen molar-refractivity contribution in [2.75, 3.05) is 12.8 Å². The Morgan fingerprint density at radius 3 is 2.48 bits per heavy atom. The molecule has 2 unspecified atom stereocenters. The van der Waals surface area contributed by atoms with Gasteiger partial charge in [0, 0.05) is 18.6 Å². The van der Waals surface area contributed by atoms with Gasteiger partial charge in [0.05, 0.1) is 11.8 Å². The maximum Gasteiger partial charge on any atom is 0.243 e. The lowest BCUT2D eigenvalue weighted by molar-refractivity contribution is -0.0908. The molecule has 2 atom stereocenters. The maximum absolute atomic E-state index is 12.7. The van der Waals surface area contributed by atoms with E-state index in [9.17, 15) is 8.42 Å². The molecule has 1 aliphatic carbocycles. The Hall–Kier alpha value is -1.11. The number of hydrogen-bond donors (Lipinski definition) is 2. The summed E-state index contributed by atoms with van der Waals surface area (Å²) in [6.07, 6.45) is 0.745. The van der Waals surface area contributed by atoms with E-state index in [1.54, 1.807) is 20.1 Å². The van der Waals surface area contributed by atoms with Crippen molar-refractivity contribution in [3.8, 4) is 0 Å². The number of anilines is 1. The Balaban J connectivity index is 2.31. The maximum atomic E-state index is 12.7. The van der Waals surface area contributed by atoms with Gasteiger partial charge in [0.25, 0.3) is 0 Å². The van der Waals surface area contributed by atoms with Gasteiger partial charge >= 0.3 is 0 Å². The third-order valence-corrected chi connectivity index (χ3v) is 6.41. The van der Waals surface area contributed by atoms with E-state index in [0.29, 0.717) is 12.0 Å². The molecule has 118 valence electrons. The van der Waals surface area contributed by atoms with Gasteiger partial charge in [0.15, 0.2) is 0 Å². The molecule has 1 fully saturated rings. The zero-order valence-corrected chi connectivity index (χ0v) is 14.0. The monoisotopic (exact) mass is 312 g/mol. The summed E-state index contributed by atoms with van der Waals surface area (Å²) in [4.78, 5) is 0.194. The van der Waals surface area contributed by atoms with Crippen molar-refractivity contribution in [1.82, 2.24) is 4.72 Å². The summed E-state index contributed by atoms with van der Waals surface area (Å²) in [5, 5.41) is 0. The SMILES string of the molecule is COC1CC(NS(=O)(=O)c2c(N)ccc(C)c2C)C1(C)C. The molecular weight excluding hydrogens is 288 g/mol. The van der Waals surface area contributed by atoms with Crippen molar-refractivity contribution in [2.24, 2.45) is 5.41 Å². The van der Waals surface area contributed by atoms with E-state index < -0.39 is 10.0 Å². The summed E-state index contributed by atoms with van der Waals surface area (Å²) in [5.41, 5.74) is 7.55. The highest BCUT2D eigenvalue weighted by molar-refractivity contribution is 7.89. The van der Waals surface area contributed by atoms with Gasteiger partial charge in [0.2, 0.25) is 10.0 Å². The van der Waals surface area contributed by atoms with Crippen LogP contribution in [-0.4, -0.2) is 27.7 Å². The average Bonchev–Trinajstić information content (AvgIpc) is 2.38. The first kappa shape index (κ1) is 16.3. The van der Waals surface area contributed by atoms with Crippen molar-refractivity contribution in [1.29, 1.82) is 0 Å². The van der Waals surface area contributed by atoms with Crippen molar-refractivity contribution >= 4 is 15.7 Å². The molecule has 6 heteroatoms. The lowest BCUT2D eigenvalue weighted by atomic mass is 9.65. The van der Waals surface area contributed by atoms with Crippen molar-refractivity contribution in [2.45, 2.75) is 51.2 Å². The Morgan fingerprint density at radius 1 is 1.33 bits per heavy atom. The van der Waals surface area contributed by atoms with E-state index in [1.165, 1.54) is 0 Å². The first-order valence-electron chi connectivity index (χ1n) is 7.02. The molecule has 1 aromatic carbocycles. The van der Waals surface area contributed by atoms with E-state index in [1.807, 2.05) is 26.8 Å². The van der Waals surface area contributed by atoms with Gasteiger partial charge in [-0.2, -0.15) is 0 Å². The quantitative estimate of drug-likeness (QED) is 0.833. The predicted octanol–water partition coefficient (Wildman–Crippen LogP) is 1.98. The molecule has 0 radical (unpaired) electrons. The van der Waals surface area contributed by atoms with Crippen LogP contribution in [-0.2, 0) is 14.8 Å². The third kappa shape index (κ3) is 2.67. The minimum Gasteiger partial charge on any atom is -0.398 e. The van der Waals surface area contributed by atoms with Crippen LogP contribution >= 0.6 is 0 Å². The van der Waals surface area contributed by atoms with Crippen LogP contribution in [0.25, 0.3) is 0 Å². The number of nitrogens with one attached hydrogen (secondary N) is 1. The van der Waals surface area contributed by atoms with Gasteiger partial charge in [-0.25, -0.2) is 13.1 Å². The first-order valence-corrected chi connectivity index (χ1v) is 8.50. The highest BCUT2D eigenvalue weighted by Crippen LogP contribution is 2.43. The smallest absolute Gasteiger partial charge is 0.243 e. The van der Waals surface area contributed by atoms with E-state index in [-0.39, 0.29) is 28.1 Å². The Labute approximate surface area is 126 Å². The molecule has 1 aliphatic rings. The van der Waals surface area contributed by atoms with E-state index in [0.717, 1.165) is 5.56 Å². The van der Waals surface area contributed by atoms with Gasteiger partial charge < -0.3 is 10.5 Å². The molecule has 2 rings (SSSR count). The lowest BCUT2D eigenvalue weighted by Crippen LogP contribution is -2.61. The molecule has 0 heterocycles. The number of ether oxygens (including phenoxy) is 1. The summed E-state index contributed by atoms with van der Waals surface area (Å²) in [5.74, 6) is 0. The molecule has 0 amide bonds. The number of nitrogen functional groups attached to an aromatic ring is 1. The van der Waals surface area contributed by atoms with Crippen molar-refractivity contribution < 1.29 is 13.2 Å². The second-order valence-corrected chi connectivity index (χ2v) is 8.03.